The van der Waals surface area contributed by atoms with Gasteiger partial charge >= 0.3 is 0 Å². The van der Waals surface area contributed by atoms with Gasteiger partial charge in [-0.25, -0.2) is 8.42 Å². The van der Waals surface area contributed by atoms with Crippen molar-refractivity contribution < 1.29 is 13.2 Å². The molecular formula is C13H19NO3S2. The van der Waals surface area contributed by atoms with E-state index >= 15 is 0 Å². The van der Waals surface area contributed by atoms with Crippen molar-refractivity contribution in [2.24, 2.45) is 0 Å². The molecule has 0 aliphatic rings. The Morgan fingerprint density at radius 2 is 1.95 bits per heavy atom. The van der Waals surface area contributed by atoms with E-state index in [0.717, 1.165) is 5.56 Å². The predicted molar refractivity (Wildman–Crippen MR) is 80.0 cm³/mol. The zero-order valence-electron chi connectivity index (χ0n) is 11.1. The highest BCUT2D eigenvalue weighted by molar-refractivity contribution is 8.01. The highest BCUT2D eigenvalue weighted by Crippen LogP contribution is 2.11. The summed E-state index contributed by atoms with van der Waals surface area (Å²) >= 11 is 1.33. The lowest BCUT2D eigenvalue weighted by Gasteiger charge is -2.14. The van der Waals surface area contributed by atoms with E-state index in [2.05, 4.69) is 5.32 Å². The zero-order chi connectivity index (χ0) is 14.3. The van der Waals surface area contributed by atoms with Crippen LogP contribution in [-0.4, -0.2) is 37.8 Å². The highest BCUT2D eigenvalue weighted by Gasteiger charge is 2.09. The zero-order valence-corrected chi connectivity index (χ0v) is 12.8. The fourth-order valence-electron chi connectivity index (χ4n) is 1.48. The molecule has 1 amide bonds. The maximum atomic E-state index is 11.7. The molecule has 0 aliphatic heterocycles. The standard InChI is InChI=1S/C13H19NO3S2/c1-11(12-6-4-3-5-7-12)14-13(15)10-18-8-9-19(2,16)17/h3-7,11H,8-10H2,1-2H3,(H,14,15)/t11-/m0/s1. The number of rotatable bonds is 7. The first-order valence-electron chi connectivity index (χ1n) is 5.98. The summed E-state index contributed by atoms with van der Waals surface area (Å²) in [6.07, 6.45) is 1.20. The van der Waals surface area contributed by atoms with Crippen molar-refractivity contribution in [2.75, 3.05) is 23.5 Å². The summed E-state index contributed by atoms with van der Waals surface area (Å²) in [5, 5.41) is 2.88. The molecule has 4 nitrogen and oxygen atoms in total. The van der Waals surface area contributed by atoms with E-state index in [4.69, 9.17) is 0 Å². The Morgan fingerprint density at radius 3 is 2.53 bits per heavy atom. The lowest BCUT2D eigenvalue weighted by molar-refractivity contribution is -0.119. The first kappa shape index (κ1) is 16.0. The molecule has 6 heteroatoms. The Hall–Kier alpha value is -1.01. The lowest BCUT2D eigenvalue weighted by atomic mass is 10.1. The molecule has 0 aliphatic carbocycles. The van der Waals surface area contributed by atoms with Gasteiger partial charge in [0, 0.05) is 12.0 Å². The van der Waals surface area contributed by atoms with Crippen LogP contribution in [0.25, 0.3) is 0 Å². The van der Waals surface area contributed by atoms with Crippen LogP contribution in [0, 0.1) is 0 Å². The van der Waals surface area contributed by atoms with E-state index in [9.17, 15) is 13.2 Å². The normalized spacial score (nSPS) is 12.9. The lowest BCUT2D eigenvalue weighted by Crippen LogP contribution is -2.28. The Bertz CT molecular complexity index is 500. The monoisotopic (exact) mass is 301 g/mol. The topological polar surface area (TPSA) is 63.2 Å². The van der Waals surface area contributed by atoms with Crippen molar-refractivity contribution in [3.63, 3.8) is 0 Å². The van der Waals surface area contributed by atoms with Gasteiger partial charge < -0.3 is 5.32 Å². The van der Waals surface area contributed by atoms with E-state index in [1.807, 2.05) is 37.3 Å². The molecule has 19 heavy (non-hydrogen) atoms. The van der Waals surface area contributed by atoms with Crippen molar-refractivity contribution in [3.8, 4) is 0 Å². The average Bonchev–Trinajstić information content (AvgIpc) is 2.34. The molecule has 0 spiro atoms. The second-order valence-electron chi connectivity index (χ2n) is 4.38. The SMILES string of the molecule is C[C@H](NC(=O)CSCCS(C)(=O)=O)c1ccccc1. The molecule has 0 saturated carbocycles. The van der Waals surface area contributed by atoms with Crippen LogP contribution < -0.4 is 5.32 Å². The van der Waals surface area contributed by atoms with E-state index in [1.54, 1.807) is 0 Å². The maximum absolute atomic E-state index is 11.7. The quantitative estimate of drug-likeness (QED) is 0.778. The van der Waals surface area contributed by atoms with Gasteiger partial charge in [-0.05, 0) is 12.5 Å². The molecule has 0 fully saturated rings. The number of thioether (sulfide) groups is 1. The van der Waals surface area contributed by atoms with Gasteiger partial charge in [-0.15, -0.1) is 0 Å². The summed E-state index contributed by atoms with van der Waals surface area (Å²) < 4.78 is 21.8. The minimum Gasteiger partial charge on any atom is -0.349 e. The van der Waals surface area contributed by atoms with Crippen LogP contribution in [0.15, 0.2) is 30.3 Å². The second-order valence-corrected chi connectivity index (χ2v) is 7.75. The molecule has 1 aromatic carbocycles. The molecule has 0 radical (unpaired) electrons. The number of sulfone groups is 1. The fraction of sp³-hybridized carbons (Fsp3) is 0.462. The summed E-state index contributed by atoms with van der Waals surface area (Å²) in [7, 11) is -2.94. The first-order valence-corrected chi connectivity index (χ1v) is 9.20. The van der Waals surface area contributed by atoms with Crippen molar-refractivity contribution in [1.29, 1.82) is 0 Å². The van der Waals surface area contributed by atoms with Crippen LogP contribution in [-0.2, 0) is 14.6 Å². The molecule has 0 aromatic heterocycles. The van der Waals surface area contributed by atoms with Gasteiger partial charge in [-0.3, -0.25) is 4.79 Å². The Labute approximate surface area is 118 Å². The molecule has 0 heterocycles. The van der Waals surface area contributed by atoms with Gasteiger partial charge in [0.05, 0.1) is 17.5 Å². The third kappa shape index (κ3) is 7.22. The van der Waals surface area contributed by atoms with Gasteiger partial charge in [0.2, 0.25) is 5.91 Å². The first-order chi connectivity index (χ1) is 8.88. The highest BCUT2D eigenvalue weighted by atomic mass is 32.2. The van der Waals surface area contributed by atoms with Crippen molar-refractivity contribution >= 4 is 27.5 Å². The van der Waals surface area contributed by atoms with Crippen molar-refractivity contribution in [2.45, 2.75) is 13.0 Å². The summed E-state index contributed by atoms with van der Waals surface area (Å²) in [4.78, 5) is 11.7. The maximum Gasteiger partial charge on any atom is 0.230 e. The third-order valence-corrected chi connectivity index (χ3v) is 4.67. The minimum atomic E-state index is -2.94. The summed E-state index contributed by atoms with van der Waals surface area (Å²) in [5.41, 5.74) is 1.05. The molecule has 1 atom stereocenters. The van der Waals surface area contributed by atoms with E-state index in [0.29, 0.717) is 5.75 Å². The van der Waals surface area contributed by atoms with Gasteiger partial charge in [-0.1, -0.05) is 30.3 Å². The van der Waals surface area contributed by atoms with Crippen LogP contribution >= 0.6 is 11.8 Å². The number of amides is 1. The summed E-state index contributed by atoms with van der Waals surface area (Å²) in [6.45, 7) is 1.93. The Kier molecular flexibility index (Phi) is 6.37. The van der Waals surface area contributed by atoms with Gasteiger partial charge in [-0.2, -0.15) is 11.8 Å². The molecule has 1 rings (SSSR count). The fourth-order valence-corrected chi connectivity index (χ4v) is 3.58. The number of hydrogen-bond acceptors (Lipinski definition) is 4. The molecule has 0 saturated heterocycles. The summed E-state index contributed by atoms with van der Waals surface area (Å²) in [6, 6.07) is 9.67. The molecule has 0 unspecified atom stereocenters. The van der Waals surface area contributed by atoms with Crippen LogP contribution in [0.4, 0.5) is 0 Å². The molecule has 1 N–H and O–H groups in total. The van der Waals surface area contributed by atoms with E-state index in [1.165, 1.54) is 18.0 Å². The molecule has 1 aromatic rings. The molecule has 0 bridgehead atoms. The van der Waals surface area contributed by atoms with Gasteiger partial charge in [0.1, 0.15) is 9.84 Å². The molecule has 106 valence electrons. The summed E-state index contributed by atoms with van der Waals surface area (Å²) in [5.74, 6) is 0.771. The van der Waals surface area contributed by atoms with Gasteiger partial charge in [0.25, 0.3) is 0 Å². The Morgan fingerprint density at radius 1 is 1.32 bits per heavy atom. The number of nitrogens with one attached hydrogen (secondary N) is 1. The van der Waals surface area contributed by atoms with E-state index < -0.39 is 9.84 Å². The number of hydrogen-bond donors (Lipinski definition) is 1. The van der Waals surface area contributed by atoms with Gasteiger partial charge in [0.15, 0.2) is 0 Å². The van der Waals surface area contributed by atoms with Crippen LogP contribution in [0.1, 0.15) is 18.5 Å². The molecular weight excluding hydrogens is 282 g/mol. The third-order valence-electron chi connectivity index (χ3n) is 2.51. The smallest absolute Gasteiger partial charge is 0.230 e. The number of carbonyl (C=O) groups is 1. The van der Waals surface area contributed by atoms with Crippen LogP contribution in [0.3, 0.4) is 0 Å². The Balaban J connectivity index is 2.28. The van der Waals surface area contributed by atoms with Crippen LogP contribution in [0.5, 0.6) is 0 Å². The largest absolute Gasteiger partial charge is 0.349 e. The van der Waals surface area contributed by atoms with Crippen molar-refractivity contribution in [1.82, 2.24) is 5.32 Å². The minimum absolute atomic E-state index is 0.0378. The second kappa shape index (κ2) is 7.55. The average molecular weight is 301 g/mol. The number of benzene rings is 1. The number of carbonyl (C=O) groups excluding carboxylic acids is 1. The van der Waals surface area contributed by atoms with E-state index in [-0.39, 0.29) is 23.5 Å². The van der Waals surface area contributed by atoms with Crippen LogP contribution in [0.2, 0.25) is 0 Å². The predicted octanol–water partition coefficient (Wildman–Crippen LogP) is 1.64. The van der Waals surface area contributed by atoms with Crippen molar-refractivity contribution in [3.05, 3.63) is 35.9 Å².